The Morgan fingerprint density at radius 1 is 1.04 bits per heavy atom. The van der Waals surface area contributed by atoms with Gasteiger partial charge < -0.3 is 25.3 Å². The number of nitrogens with two attached hydrogens (primary N) is 1. The van der Waals surface area contributed by atoms with E-state index in [-0.39, 0.29) is 16.7 Å². The number of hydrogen-bond donors (Lipinski definition) is 2. The molecule has 0 aliphatic heterocycles. The Labute approximate surface area is 140 Å². The predicted molar refractivity (Wildman–Crippen MR) is 91.2 cm³/mol. The minimum Gasteiger partial charge on any atom is -0.378 e. The van der Waals surface area contributed by atoms with Crippen molar-refractivity contribution in [3.63, 3.8) is 0 Å². The lowest BCUT2D eigenvalue weighted by atomic mass is 9.72. The average molecular weight is 330 g/mol. The van der Waals surface area contributed by atoms with Crippen LogP contribution in [0.15, 0.2) is 0 Å². The number of hydrogen-bond acceptors (Lipinski definition) is 5. The van der Waals surface area contributed by atoms with Crippen LogP contribution in [0, 0.1) is 10.8 Å². The molecule has 0 saturated heterocycles. The van der Waals surface area contributed by atoms with Crippen molar-refractivity contribution in [2.75, 3.05) is 39.5 Å². The van der Waals surface area contributed by atoms with E-state index in [4.69, 9.17) is 15.2 Å². The second-order valence-electron chi connectivity index (χ2n) is 7.42. The maximum atomic E-state index is 12.0. The molecule has 3 N–H and O–H groups in total. The molecule has 0 saturated carbocycles. The van der Waals surface area contributed by atoms with Crippen molar-refractivity contribution in [3.05, 3.63) is 0 Å². The smallest absolute Gasteiger partial charge is 0.220 e. The zero-order chi connectivity index (χ0) is 17.8. The molecule has 23 heavy (non-hydrogen) atoms. The summed E-state index contributed by atoms with van der Waals surface area (Å²) in [5, 5.41) is 2.86. The van der Waals surface area contributed by atoms with Crippen molar-refractivity contribution in [1.82, 2.24) is 5.32 Å². The van der Waals surface area contributed by atoms with Gasteiger partial charge in [-0.2, -0.15) is 0 Å². The largest absolute Gasteiger partial charge is 0.378 e. The van der Waals surface area contributed by atoms with Gasteiger partial charge >= 0.3 is 0 Å². The predicted octanol–water partition coefficient (Wildman–Crippen LogP) is 1.52. The number of aldehydes is 1. The topological polar surface area (TPSA) is 90.7 Å². The first-order chi connectivity index (χ1) is 10.7. The van der Waals surface area contributed by atoms with Crippen LogP contribution < -0.4 is 11.1 Å². The van der Waals surface area contributed by atoms with E-state index in [1.807, 2.05) is 0 Å². The highest BCUT2D eigenvalue weighted by Crippen LogP contribution is 2.37. The molecule has 0 bridgehead atoms. The van der Waals surface area contributed by atoms with Gasteiger partial charge in [0, 0.05) is 25.9 Å². The van der Waals surface area contributed by atoms with Crippen LogP contribution in [0.25, 0.3) is 0 Å². The van der Waals surface area contributed by atoms with Crippen molar-refractivity contribution in [1.29, 1.82) is 0 Å². The van der Waals surface area contributed by atoms with Gasteiger partial charge in [0.25, 0.3) is 0 Å². The quantitative estimate of drug-likeness (QED) is 0.372. The fraction of sp³-hybridized carbons (Fsp3) is 0.882. The summed E-state index contributed by atoms with van der Waals surface area (Å²) in [6, 6.07) is 0. The molecule has 0 aliphatic rings. The molecule has 0 aromatic heterocycles. The van der Waals surface area contributed by atoms with Crippen LogP contribution in [-0.4, -0.2) is 51.7 Å². The van der Waals surface area contributed by atoms with Gasteiger partial charge in [-0.3, -0.25) is 4.79 Å². The number of nitrogens with one attached hydrogen (secondary N) is 1. The second-order valence-corrected chi connectivity index (χ2v) is 7.42. The van der Waals surface area contributed by atoms with Crippen molar-refractivity contribution in [2.45, 2.75) is 47.0 Å². The Hall–Kier alpha value is -0.980. The molecule has 0 unspecified atom stereocenters. The summed E-state index contributed by atoms with van der Waals surface area (Å²) in [6.45, 7) is 11.3. The fourth-order valence-electron chi connectivity index (χ4n) is 2.82. The summed E-state index contributed by atoms with van der Waals surface area (Å²) in [7, 11) is 0. The first-order valence-corrected chi connectivity index (χ1v) is 8.28. The SMILES string of the molecule is CC(C)(CC=O)CC(C)(C)CC(=O)NCCOCCOCCN. The van der Waals surface area contributed by atoms with Gasteiger partial charge in [-0.1, -0.05) is 27.7 Å². The molecule has 0 fully saturated rings. The number of carbonyl (C=O) groups excluding carboxylic acids is 2. The highest BCUT2D eigenvalue weighted by atomic mass is 16.5. The third-order valence-corrected chi connectivity index (χ3v) is 3.43. The molecule has 6 heteroatoms. The Morgan fingerprint density at radius 2 is 1.65 bits per heavy atom. The zero-order valence-electron chi connectivity index (χ0n) is 15.2. The van der Waals surface area contributed by atoms with E-state index in [1.165, 1.54) is 0 Å². The molecule has 0 aliphatic carbocycles. The molecule has 0 atom stereocenters. The van der Waals surface area contributed by atoms with Crippen LogP contribution in [0.2, 0.25) is 0 Å². The molecule has 0 radical (unpaired) electrons. The second kappa shape index (κ2) is 11.5. The van der Waals surface area contributed by atoms with Gasteiger partial charge in [0.2, 0.25) is 5.91 Å². The molecule has 136 valence electrons. The van der Waals surface area contributed by atoms with Gasteiger partial charge in [-0.15, -0.1) is 0 Å². The van der Waals surface area contributed by atoms with Crippen molar-refractivity contribution < 1.29 is 19.1 Å². The van der Waals surface area contributed by atoms with E-state index in [2.05, 4.69) is 33.0 Å². The monoisotopic (exact) mass is 330 g/mol. The molecule has 0 rings (SSSR count). The summed E-state index contributed by atoms with van der Waals surface area (Å²) in [6.07, 6.45) is 2.72. The van der Waals surface area contributed by atoms with E-state index >= 15 is 0 Å². The van der Waals surface area contributed by atoms with Gasteiger partial charge in [0.05, 0.1) is 26.4 Å². The molecular weight excluding hydrogens is 296 g/mol. The highest BCUT2D eigenvalue weighted by Gasteiger charge is 2.30. The first kappa shape index (κ1) is 22.0. The molecule has 1 amide bonds. The third-order valence-electron chi connectivity index (χ3n) is 3.43. The zero-order valence-corrected chi connectivity index (χ0v) is 15.2. The summed E-state index contributed by atoms with van der Waals surface area (Å²) in [4.78, 5) is 22.7. The van der Waals surface area contributed by atoms with Crippen LogP contribution in [0.3, 0.4) is 0 Å². The van der Waals surface area contributed by atoms with Gasteiger partial charge in [0.15, 0.2) is 0 Å². The normalized spacial score (nSPS) is 12.2. The Morgan fingerprint density at radius 3 is 2.22 bits per heavy atom. The van der Waals surface area contributed by atoms with Gasteiger partial charge in [0.1, 0.15) is 6.29 Å². The third kappa shape index (κ3) is 13.2. The standard InChI is InChI=1S/C17H34N2O4/c1-16(2,5-8-20)14-17(3,4)13-15(21)19-7-10-23-12-11-22-9-6-18/h8H,5-7,9-14,18H2,1-4H3,(H,19,21). The molecule has 0 spiro atoms. The molecule has 0 heterocycles. The lowest BCUT2D eigenvalue weighted by Crippen LogP contribution is -2.33. The summed E-state index contributed by atoms with van der Waals surface area (Å²) in [5.41, 5.74) is 5.07. The highest BCUT2D eigenvalue weighted by molar-refractivity contribution is 5.76. The van der Waals surface area contributed by atoms with Crippen molar-refractivity contribution in [2.24, 2.45) is 16.6 Å². The minimum absolute atomic E-state index is 0.0138. The van der Waals surface area contributed by atoms with E-state index in [1.54, 1.807) is 0 Å². The molecule has 6 nitrogen and oxygen atoms in total. The van der Waals surface area contributed by atoms with E-state index < -0.39 is 0 Å². The average Bonchev–Trinajstić information content (AvgIpc) is 2.39. The van der Waals surface area contributed by atoms with Crippen molar-refractivity contribution in [3.8, 4) is 0 Å². The number of rotatable bonds is 14. The fourth-order valence-corrected chi connectivity index (χ4v) is 2.82. The Kier molecular flexibility index (Phi) is 11.0. The van der Waals surface area contributed by atoms with E-state index in [0.29, 0.717) is 52.4 Å². The van der Waals surface area contributed by atoms with Crippen LogP contribution in [0.5, 0.6) is 0 Å². The number of amides is 1. The van der Waals surface area contributed by atoms with E-state index in [0.717, 1.165) is 12.7 Å². The summed E-state index contributed by atoms with van der Waals surface area (Å²) < 4.78 is 10.5. The number of ether oxygens (including phenoxy) is 2. The molecular formula is C17H34N2O4. The van der Waals surface area contributed by atoms with Crippen LogP contribution >= 0.6 is 0 Å². The van der Waals surface area contributed by atoms with Gasteiger partial charge in [-0.25, -0.2) is 0 Å². The van der Waals surface area contributed by atoms with Crippen LogP contribution in [0.1, 0.15) is 47.0 Å². The maximum absolute atomic E-state index is 12.0. The van der Waals surface area contributed by atoms with Gasteiger partial charge in [-0.05, 0) is 17.3 Å². The Bertz CT molecular complexity index is 343. The lowest BCUT2D eigenvalue weighted by molar-refractivity contribution is -0.123. The van der Waals surface area contributed by atoms with Crippen molar-refractivity contribution >= 4 is 12.2 Å². The lowest BCUT2D eigenvalue weighted by Gasteiger charge is -2.33. The molecule has 0 aromatic carbocycles. The number of carbonyl (C=O) groups is 2. The maximum Gasteiger partial charge on any atom is 0.220 e. The summed E-state index contributed by atoms with van der Waals surface area (Å²) >= 11 is 0. The minimum atomic E-state index is -0.145. The molecule has 0 aromatic rings. The Balaban J connectivity index is 3.85. The van der Waals surface area contributed by atoms with E-state index in [9.17, 15) is 9.59 Å². The summed E-state index contributed by atoms with van der Waals surface area (Å²) in [5.74, 6) is 0.0138. The van der Waals surface area contributed by atoms with Crippen LogP contribution in [0.4, 0.5) is 0 Å². The first-order valence-electron chi connectivity index (χ1n) is 8.28. The van der Waals surface area contributed by atoms with Crippen LogP contribution in [-0.2, 0) is 19.1 Å².